The summed E-state index contributed by atoms with van der Waals surface area (Å²) >= 11 is 11.5. The number of likely N-dealkylation sites (tertiary alicyclic amines) is 1. The topological polar surface area (TPSA) is 28.5 Å². The Bertz CT molecular complexity index is 484. The molecule has 1 fully saturated rings. The molecule has 1 saturated heterocycles. The van der Waals surface area contributed by atoms with Crippen molar-refractivity contribution in [3.63, 3.8) is 0 Å². The molecule has 0 radical (unpaired) electrons. The van der Waals surface area contributed by atoms with E-state index in [0.29, 0.717) is 11.2 Å². The van der Waals surface area contributed by atoms with Gasteiger partial charge in [0.1, 0.15) is 0 Å². The van der Waals surface area contributed by atoms with Gasteiger partial charge in [-0.25, -0.2) is 0 Å². The molecule has 3 nitrogen and oxygen atoms in total. The van der Waals surface area contributed by atoms with Crippen molar-refractivity contribution in [3.8, 4) is 0 Å². The smallest absolute Gasteiger partial charge is 0.171 e. The van der Waals surface area contributed by atoms with Crippen molar-refractivity contribution in [2.75, 3.05) is 25.0 Å². The van der Waals surface area contributed by atoms with Crippen LogP contribution in [0, 0.1) is 6.92 Å². The number of hydrogen-bond donors (Lipinski definition) is 3. The molecule has 1 aliphatic heterocycles. The van der Waals surface area contributed by atoms with E-state index in [4.69, 9.17) is 23.8 Å². The first-order chi connectivity index (χ1) is 10.1. The molecule has 1 aromatic rings. The summed E-state index contributed by atoms with van der Waals surface area (Å²) in [4.78, 5) is 1.72. The molecule has 0 spiro atoms. The standard InChI is InChI=1S/C16H24ClN3S/c1-3-8-20-9-6-13(7-10-20)18-16(21)19-14-5-4-12(2)15(17)11-14/h4-5,11,13H,3,6-10H2,1-2H3,(H2,18,19,21)/p+1. The molecule has 0 saturated carbocycles. The average molecular weight is 327 g/mol. The van der Waals surface area contributed by atoms with Crippen molar-refractivity contribution >= 4 is 34.6 Å². The number of benzene rings is 1. The van der Waals surface area contributed by atoms with Crippen LogP contribution in [0.3, 0.4) is 0 Å². The van der Waals surface area contributed by atoms with Crippen molar-refractivity contribution in [1.82, 2.24) is 5.32 Å². The molecular formula is C16H25ClN3S+. The van der Waals surface area contributed by atoms with Gasteiger partial charge in [0.15, 0.2) is 5.11 Å². The van der Waals surface area contributed by atoms with Crippen LogP contribution in [0.25, 0.3) is 0 Å². The highest BCUT2D eigenvalue weighted by Gasteiger charge is 2.21. The second kappa shape index (κ2) is 7.97. The molecule has 0 aromatic heterocycles. The van der Waals surface area contributed by atoms with Crippen LogP contribution < -0.4 is 15.5 Å². The third-order valence-electron chi connectivity index (χ3n) is 4.06. The molecule has 5 heteroatoms. The summed E-state index contributed by atoms with van der Waals surface area (Å²) in [5.74, 6) is 0. The predicted octanol–water partition coefficient (Wildman–Crippen LogP) is 2.39. The molecule has 2 rings (SSSR count). The van der Waals surface area contributed by atoms with Gasteiger partial charge in [-0.3, -0.25) is 0 Å². The van der Waals surface area contributed by atoms with Crippen LogP contribution in [-0.4, -0.2) is 30.8 Å². The number of thiocarbonyl (C=S) groups is 1. The fourth-order valence-electron chi connectivity index (χ4n) is 2.80. The lowest BCUT2D eigenvalue weighted by molar-refractivity contribution is -0.905. The maximum absolute atomic E-state index is 6.13. The number of halogens is 1. The number of quaternary nitrogens is 1. The number of nitrogens with one attached hydrogen (secondary N) is 3. The Morgan fingerprint density at radius 2 is 2.10 bits per heavy atom. The van der Waals surface area contributed by atoms with Gasteiger partial charge in [0, 0.05) is 29.6 Å². The summed E-state index contributed by atoms with van der Waals surface area (Å²) in [6, 6.07) is 6.41. The van der Waals surface area contributed by atoms with Crippen molar-refractivity contribution in [3.05, 3.63) is 28.8 Å². The summed E-state index contributed by atoms with van der Waals surface area (Å²) in [6.07, 6.45) is 3.64. The normalized spacial score (nSPS) is 21.9. The summed E-state index contributed by atoms with van der Waals surface area (Å²) < 4.78 is 0. The number of aryl methyl sites for hydroxylation is 1. The average Bonchev–Trinajstić information content (AvgIpc) is 2.45. The zero-order chi connectivity index (χ0) is 15.2. The van der Waals surface area contributed by atoms with Gasteiger partial charge in [0.05, 0.1) is 19.6 Å². The lowest BCUT2D eigenvalue weighted by atomic mass is 10.1. The molecule has 1 aromatic carbocycles. The van der Waals surface area contributed by atoms with Crippen molar-refractivity contribution in [1.29, 1.82) is 0 Å². The summed E-state index contributed by atoms with van der Waals surface area (Å²) in [5, 5.41) is 8.11. The van der Waals surface area contributed by atoms with E-state index < -0.39 is 0 Å². The lowest BCUT2D eigenvalue weighted by Crippen LogP contribution is -3.13. The molecular weight excluding hydrogens is 302 g/mol. The monoisotopic (exact) mass is 326 g/mol. The zero-order valence-corrected chi connectivity index (χ0v) is 14.4. The summed E-state index contributed by atoms with van der Waals surface area (Å²) in [5.41, 5.74) is 2.02. The maximum Gasteiger partial charge on any atom is 0.171 e. The van der Waals surface area contributed by atoms with Crippen LogP contribution in [-0.2, 0) is 0 Å². The van der Waals surface area contributed by atoms with Gasteiger partial charge >= 0.3 is 0 Å². The van der Waals surface area contributed by atoms with Gasteiger partial charge in [-0.1, -0.05) is 24.6 Å². The molecule has 116 valence electrons. The fraction of sp³-hybridized carbons (Fsp3) is 0.562. The Morgan fingerprint density at radius 3 is 2.71 bits per heavy atom. The Kier molecular flexibility index (Phi) is 6.27. The zero-order valence-electron chi connectivity index (χ0n) is 12.8. The first-order valence-electron chi connectivity index (χ1n) is 7.75. The van der Waals surface area contributed by atoms with Crippen LogP contribution >= 0.6 is 23.8 Å². The largest absolute Gasteiger partial charge is 0.359 e. The molecule has 0 bridgehead atoms. The molecule has 0 unspecified atom stereocenters. The number of hydrogen-bond acceptors (Lipinski definition) is 1. The second-order valence-electron chi connectivity index (χ2n) is 5.84. The Balaban J connectivity index is 1.78. The van der Waals surface area contributed by atoms with Gasteiger partial charge in [-0.05, 0) is 43.3 Å². The first kappa shape index (κ1) is 16.5. The van der Waals surface area contributed by atoms with Crippen LogP contribution in [0.15, 0.2) is 18.2 Å². The van der Waals surface area contributed by atoms with Crippen molar-refractivity contribution in [2.45, 2.75) is 39.2 Å². The lowest BCUT2D eigenvalue weighted by Gasteiger charge is -2.30. The van der Waals surface area contributed by atoms with E-state index in [1.54, 1.807) is 4.90 Å². The quantitative estimate of drug-likeness (QED) is 0.742. The maximum atomic E-state index is 6.13. The van der Waals surface area contributed by atoms with E-state index in [1.165, 1.54) is 38.9 Å². The SMILES string of the molecule is CCC[NH+]1CCC(NC(=S)Nc2ccc(C)c(Cl)c2)CC1. The summed E-state index contributed by atoms with van der Waals surface area (Å²) in [7, 11) is 0. The molecule has 1 heterocycles. The fourth-order valence-corrected chi connectivity index (χ4v) is 3.26. The van der Waals surface area contributed by atoms with Gasteiger partial charge < -0.3 is 15.5 Å². The highest BCUT2D eigenvalue weighted by Crippen LogP contribution is 2.19. The Hall–Kier alpha value is -0.840. The predicted molar refractivity (Wildman–Crippen MR) is 94.4 cm³/mol. The third-order valence-corrected chi connectivity index (χ3v) is 4.69. The minimum Gasteiger partial charge on any atom is -0.359 e. The molecule has 0 atom stereocenters. The van der Waals surface area contributed by atoms with Gasteiger partial charge in [-0.2, -0.15) is 0 Å². The van der Waals surface area contributed by atoms with E-state index in [9.17, 15) is 0 Å². The number of piperidine rings is 1. The van der Waals surface area contributed by atoms with Gasteiger partial charge in [-0.15, -0.1) is 0 Å². The number of anilines is 1. The third kappa shape index (κ3) is 5.13. The molecule has 0 aliphatic carbocycles. The number of rotatable bonds is 4. The van der Waals surface area contributed by atoms with E-state index >= 15 is 0 Å². The van der Waals surface area contributed by atoms with Crippen molar-refractivity contribution in [2.24, 2.45) is 0 Å². The van der Waals surface area contributed by atoms with E-state index in [1.807, 2.05) is 25.1 Å². The Morgan fingerprint density at radius 1 is 1.38 bits per heavy atom. The van der Waals surface area contributed by atoms with Crippen LogP contribution in [0.2, 0.25) is 5.02 Å². The summed E-state index contributed by atoms with van der Waals surface area (Å²) in [6.45, 7) is 8.02. The second-order valence-corrected chi connectivity index (χ2v) is 6.65. The minimum absolute atomic E-state index is 0.492. The van der Waals surface area contributed by atoms with E-state index in [0.717, 1.165) is 16.3 Å². The van der Waals surface area contributed by atoms with Crippen LogP contribution in [0.5, 0.6) is 0 Å². The van der Waals surface area contributed by atoms with Crippen LogP contribution in [0.4, 0.5) is 5.69 Å². The minimum atomic E-state index is 0.492. The van der Waals surface area contributed by atoms with Crippen molar-refractivity contribution < 1.29 is 4.90 Å². The van der Waals surface area contributed by atoms with Gasteiger partial charge in [0.25, 0.3) is 0 Å². The highest BCUT2D eigenvalue weighted by atomic mass is 35.5. The first-order valence-corrected chi connectivity index (χ1v) is 8.54. The van der Waals surface area contributed by atoms with Gasteiger partial charge in [0.2, 0.25) is 0 Å². The highest BCUT2D eigenvalue weighted by molar-refractivity contribution is 7.80. The molecule has 3 N–H and O–H groups in total. The van der Waals surface area contributed by atoms with E-state index in [2.05, 4.69) is 17.6 Å². The van der Waals surface area contributed by atoms with E-state index in [-0.39, 0.29) is 0 Å². The molecule has 0 amide bonds. The Labute approximate surface area is 138 Å². The van der Waals surface area contributed by atoms with Crippen LogP contribution in [0.1, 0.15) is 31.7 Å². The molecule has 1 aliphatic rings. The molecule has 21 heavy (non-hydrogen) atoms.